The Balaban J connectivity index is 2.54. The molecule has 0 aliphatic heterocycles. The molecule has 0 unspecified atom stereocenters. The molecule has 2 rings (SSSR count). The van der Waals surface area contributed by atoms with Crippen LogP contribution >= 0.6 is 0 Å². The van der Waals surface area contributed by atoms with Gasteiger partial charge in [0.2, 0.25) is 0 Å². The molecule has 0 atom stereocenters. The van der Waals surface area contributed by atoms with Crippen molar-refractivity contribution in [2.45, 2.75) is 13.8 Å². The Hall–Kier alpha value is -2.37. The molecular formula is C12H14N4O2. The lowest BCUT2D eigenvalue weighted by Gasteiger charge is -2.20. The SMILES string of the molecule is CCN(C(=O)O)n1c(C)nnc1-c1ccccc1. The highest BCUT2D eigenvalue weighted by Crippen LogP contribution is 2.18. The number of benzene rings is 1. The fourth-order valence-electron chi connectivity index (χ4n) is 1.78. The number of hydrogen-bond donors (Lipinski definition) is 1. The zero-order valence-electron chi connectivity index (χ0n) is 10.2. The van der Waals surface area contributed by atoms with Gasteiger partial charge in [0.25, 0.3) is 0 Å². The van der Waals surface area contributed by atoms with Crippen molar-refractivity contribution in [3.63, 3.8) is 0 Å². The second-order valence-electron chi connectivity index (χ2n) is 3.75. The van der Waals surface area contributed by atoms with E-state index in [0.29, 0.717) is 18.2 Å². The van der Waals surface area contributed by atoms with E-state index in [1.54, 1.807) is 13.8 Å². The Morgan fingerprint density at radius 1 is 1.33 bits per heavy atom. The molecule has 0 saturated heterocycles. The molecule has 1 N–H and O–H groups in total. The van der Waals surface area contributed by atoms with Gasteiger partial charge in [-0.1, -0.05) is 30.3 Å². The molecule has 0 aliphatic rings. The Labute approximate surface area is 104 Å². The average molecular weight is 246 g/mol. The van der Waals surface area contributed by atoms with Crippen molar-refractivity contribution in [3.8, 4) is 11.4 Å². The summed E-state index contributed by atoms with van der Waals surface area (Å²) in [5.74, 6) is 1.07. The van der Waals surface area contributed by atoms with Crippen LogP contribution in [-0.4, -0.2) is 32.6 Å². The third-order valence-electron chi connectivity index (χ3n) is 2.59. The molecule has 0 aliphatic carbocycles. The van der Waals surface area contributed by atoms with Crippen LogP contribution in [0.15, 0.2) is 30.3 Å². The minimum atomic E-state index is -1.03. The molecule has 0 spiro atoms. The van der Waals surface area contributed by atoms with Gasteiger partial charge in [-0.05, 0) is 13.8 Å². The molecule has 6 nitrogen and oxygen atoms in total. The van der Waals surface area contributed by atoms with Gasteiger partial charge >= 0.3 is 6.09 Å². The van der Waals surface area contributed by atoms with Crippen LogP contribution in [0.3, 0.4) is 0 Å². The summed E-state index contributed by atoms with van der Waals surface area (Å²) in [6.07, 6.45) is -1.03. The minimum absolute atomic E-state index is 0.327. The molecule has 2 aromatic rings. The van der Waals surface area contributed by atoms with Crippen LogP contribution in [0.25, 0.3) is 11.4 Å². The predicted octanol–water partition coefficient (Wildman–Crippen LogP) is 1.89. The molecule has 94 valence electrons. The van der Waals surface area contributed by atoms with Gasteiger partial charge in [-0.25, -0.2) is 14.5 Å². The first-order chi connectivity index (χ1) is 8.65. The minimum Gasteiger partial charge on any atom is -0.464 e. The van der Waals surface area contributed by atoms with E-state index >= 15 is 0 Å². The second kappa shape index (κ2) is 4.87. The maximum atomic E-state index is 11.2. The van der Waals surface area contributed by atoms with Crippen LogP contribution in [0.1, 0.15) is 12.7 Å². The number of rotatable bonds is 3. The molecule has 1 amide bonds. The number of aryl methyl sites for hydroxylation is 1. The van der Waals surface area contributed by atoms with Crippen molar-refractivity contribution in [1.29, 1.82) is 0 Å². The lowest BCUT2D eigenvalue weighted by molar-refractivity contribution is 0.195. The van der Waals surface area contributed by atoms with Gasteiger partial charge in [-0.15, -0.1) is 10.2 Å². The molecule has 1 heterocycles. The fourth-order valence-corrected chi connectivity index (χ4v) is 1.78. The first-order valence-corrected chi connectivity index (χ1v) is 5.63. The largest absolute Gasteiger partial charge is 0.464 e. The second-order valence-corrected chi connectivity index (χ2v) is 3.75. The van der Waals surface area contributed by atoms with Gasteiger partial charge < -0.3 is 5.11 Å². The lowest BCUT2D eigenvalue weighted by atomic mass is 10.2. The van der Waals surface area contributed by atoms with Crippen molar-refractivity contribution in [2.75, 3.05) is 11.6 Å². The molecular weight excluding hydrogens is 232 g/mol. The Morgan fingerprint density at radius 2 is 2.00 bits per heavy atom. The normalized spacial score (nSPS) is 10.3. The van der Waals surface area contributed by atoms with Gasteiger partial charge in [-0.3, -0.25) is 0 Å². The number of hydrogen-bond acceptors (Lipinski definition) is 3. The summed E-state index contributed by atoms with van der Waals surface area (Å²) in [7, 11) is 0. The summed E-state index contributed by atoms with van der Waals surface area (Å²) in [4.78, 5) is 11.2. The zero-order chi connectivity index (χ0) is 13.1. The summed E-state index contributed by atoms with van der Waals surface area (Å²) in [5.41, 5.74) is 0.831. The number of aromatic nitrogens is 3. The molecule has 0 saturated carbocycles. The number of carboxylic acid groups (broad SMARTS) is 1. The van der Waals surface area contributed by atoms with E-state index in [1.807, 2.05) is 30.3 Å². The van der Waals surface area contributed by atoms with Crippen molar-refractivity contribution in [3.05, 3.63) is 36.2 Å². The van der Waals surface area contributed by atoms with Gasteiger partial charge in [-0.2, -0.15) is 0 Å². The summed E-state index contributed by atoms with van der Waals surface area (Å²) in [6, 6.07) is 9.39. The molecule has 0 fully saturated rings. The van der Waals surface area contributed by atoms with E-state index in [1.165, 1.54) is 9.69 Å². The predicted molar refractivity (Wildman–Crippen MR) is 67.0 cm³/mol. The first kappa shape index (κ1) is 12.1. The summed E-state index contributed by atoms with van der Waals surface area (Å²) in [5, 5.41) is 18.4. The zero-order valence-corrected chi connectivity index (χ0v) is 10.2. The highest BCUT2D eigenvalue weighted by atomic mass is 16.4. The third kappa shape index (κ3) is 2.04. The molecule has 1 aromatic carbocycles. The number of carbonyl (C=O) groups is 1. The fraction of sp³-hybridized carbons (Fsp3) is 0.250. The molecule has 18 heavy (non-hydrogen) atoms. The van der Waals surface area contributed by atoms with Crippen LogP contribution in [0.2, 0.25) is 0 Å². The van der Waals surface area contributed by atoms with Crippen LogP contribution < -0.4 is 5.01 Å². The first-order valence-electron chi connectivity index (χ1n) is 5.63. The van der Waals surface area contributed by atoms with Crippen molar-refractivity contribution in [2.24, 2.45) is 0 Å². The molecule has 1 aromatic heterocycles. The van der Waals surface area contributed by atoms with E-state index in [4.69, 9.17) is 0 Å². The molecule has 0 radical (unpaired) electrons. The van der Waals surface area contributed by atoms with E-state index in [9.17, 15) is 9.90 Å². The maximum Gasteiger partial charge on any atom is 0.426 e. The van der Waals surface area contributed by atoms with E-state index in [0.717, 1.165) is 5.56 Å². The average Bonchev–Trinajstić information content (AvgIpc) is 2.74. The standard InChI is InChI=1S/C12H14N4O2/c1-3-15(12(17)18)16-9(2)13-14-11(16)10-7-5-4-6-8-10/h4-8H,3H2,1-2H3,(H,17,18). The quantitative estimate of drug-likeness (QED) is 0.897. The van der Waals surface area contributed by atoms with Crippen molar-refractivity contribution in [1.82, 2.24) is 14.9 Å². The van der Waals surface area contributed by atoms with Gasteiger partial charge in [0.15, 0.2) is 5.82 Å². The maximum absolute atomic E-state index is 11.2. The van der Waals surface area contributed by atoms with Crippen molar-refractivity contribution < 1.29 is 9.90 Å². The van der Waals surface area contributed by atoms with E-state index in [2.05, 4.69) is 10.2 Å². The van der Waals surface area contributed by atoms with Gasteiger partial charge in [0, 0.05) is 12.1 Å². The number of amides is 1. The smallest absolute Gasteiger partial charge is 0.426 e. The molecule has 6 heteroatoms. The van der Waals surface area contributed by atoms with Crippen LogP contribution in [0, 0.1) is 6.92 Å². The van der Waals surface area contributed by atoms with Crippen LogP contribution in [0.4, 0.5) is 4.79 Å². The van der Waals surface area contributed by atoms with E-state index in [-0.39, 0.29) is 0 Å². The Morgan fingerprint density at radius 3 is 2.56 bits per heavy atom. The Bertz CT molecular complexity index is 550. The molecule has 0 bridgehead atoms. The van der Waals surface area contributed by atoms with Crippen molar-refractivity contribution >= 4 is 6.09 Å². The van der Waals surface area contributed by atoms with E-state index < -0.39 is 6.09 Å². The summed E-state index contributed by atoms with van der Waals surface area (Å²) < 4.78 is 1.51. The van der Waals surface area contributed by atoms with Crippen LogP contribution in [-0.2, 0) is 0 Å². The number of nitrogens with zero attached hydrogens (tertiary/aromatic N) is 4. The van der Waals surface area contributed by atoms with Gasteiger partial charge in [0.1, 0.15) is 5.82 Å². The highest BCUT2D eigenvalue weighted by Gasteiger charge is 2.20. The third-order valence-corrected chi connectivity index (χ3v) is 2.59. The Kier molecular flexibility index (Phi) is 3.27. The lowest BCUT2D eigenvalue weighted by Crippen LogP contribution is -2.40. The summed E-state index contributed by atoms with van der Waals surface area (Å²) in [6.45, 7) is 3.82. The van der Waals surface area contributed by atoms with Crippen LogP contribution in [0.5, 0.6) is 0 Å². The summed E-state index contributed by atoms with van der Waals surface area (Å²) >= 11 is 0. The highest BCUT2D eigenvalue weighted by molar-refractivity contribution is 5.77. The monoisotopic (exact) mass is 246 g/mol. The van der Waals surface area contributed by atoms with Gasteiger partial charge in [0.05, 0.1) is 0 Å². The topological polar surface area (TPSA) is 71.2 Å².